The molecule has 1 N–H and O–H groups in total. The van der Waals surface area contributed by atoms with Crippen LogP contribution in [0.1, 0.15) is 16.8 Å². The standard InChI is InChI=1S/C7H10N.C7H9Si.2ClH.Zr/c1-5-4-8-7(3)6(5)2;1-8(2)7-5-3-4-6-7;;;/h8H,1-3H3;3-5H,1-2H3;2*1H;/q;;;;+2/p-2. The molecule has 1 heterocycles. The van der Waals surface area contributed by atoms with Gasteiger partial charge in [-0.15, -0.1) is 0 Å². The largest absolute Gasteiger partial charge is 1.00 e. The molecule has 102 valence electrons. The Bertz CT molecular complexity index is 552. The first-order valence-corrected chi connectivity index (χ1v) is 11.0. The van der Waals surface area contributed by atoms with Crippen molar-refractivity contribution in [1.29, 1.82) is 0 Å². The fourth-order valence-electron chi connectivity index (χ4n) is 2.07. The van der Waals surface area contributed by atoms with Crippen molar-refractivity contribution in [3.8, 4) is 0 Å². The number of aromatic amines is 1. The molecule has 0 aromatic carbocycles. The molecule has 1 nitrogen and oxygen atoms in total. The molecule has 0 atom stereocenters. The third-order valence-corrected chi connectivity index (χ3v) is 9.13. The van der Waals surface area contributed by atoms with Gasteiger partial charge in [-0.3, -0.25) is 0 Å². The fourth-order valence-corrected chi connectivity index (χ4v) is 8.51. The van der Waals surface area contributed by atoms with Crippen LogP contribution < -0.4 is 28.2 Å². The molecule has 0 fully saturated rings. The third kappa shape index (κ3) is 4.14. The van der Waals surface area contributed by atoms with Crippen LogP contribution in [0.15, 0.2) is 21.5 Å². The molecule has 2 rings (SSSR count). The van der Waals surface area contributed by atoms with E-state index in [4.69, 9.17) is 0 Å². The number of rotatable bonds is 2. The molecule has 19 heavy (non-hydrogen) atoms. The average molecular weight is 392 g/mol. The Labute approximate surface area is 141 Å². The summed E-state index contributed by atoms with van der Waals surface area (Å²) in [6.45, 7) is 11.5. The third-order valence-electron chi connectivity index (χ3n) is 3.43. The van der Waals surface area contributed by atoms with Crippen LogP contribution in [-0.2, 0) is 23.2 Å². The van der Waals surface area contributed by atoms with Gasteiger partial charge >= 0.3 is 117 Å². The van der Waals surface area contributed by atoms with Crippen molar-refractivity contribution in [2.24, 2.45) is 0 Å². The number of H-pyrrole nitrogens is 1. The molecule has 0 saturated carbocycles. The molecular weight excluding hydrogens is 372 g/mol. The molecule has 0 bridgehead atoms. The molecule has 1 aliphatic carbocycles. The van der Waals surface area contributed by atoms with E-state index in [1.165, 1.54) is 16.8 Å². The van der Waals surface area contributed by atoms with Gasteiger partial charge in [0.05, 0.1) is 0 Å². The molecular formula is C14H19Cl2NSiZr. The van der Waals surface area contributed by atoms with E-state index in [1.807, 2.05) is 0 Å². The first-order chi connectivity index (χ1) is 8.00. The van der Waals surface area contributed by atoms with Gasteiger partial charge in [0.1, 0.15) is 0 Å². The SMILES string of the molecule is Cc1[nH][c]([Zr+2][C]2=CC=CC2=[Si](C)C)c(C)c1C.[Cl-].[Cl-]. The summed E-state index contributed by atoms with van der Waals surface area (Å²) >= 11 is -0.632. The summed E-state index contributed by atoms with van der Waals surface area (Å²) in [4.78, 5) is 3.60. The van der Waals surface area contributed by atoms with Crippen LogP contribution in [0.5, 0.6) is 0 Å². The van der Waals surface area contributed by atoms with Crippen LogP contribution in [0.2, 0.25) is 13.1 Å². The topological polar surface area (TPSA) is 15.8 Å². The van der Waals surface area contributed by atoms with Gasteiger partial charge in [-0.1, -0.05) is 0 Å². The Morgan fingerprint density at radius 1 is 1.05 bits per heavy atom. The minimum Gasteiger partial charge on any atom is -1.00 e. The van der Waals surface area contributed by atoms with Crippen LogP contribution >= 0.6 is 0 Å². The molecule has 0 unspecified atom stereocenters. The van der Waals surface area contributed by atoms with Gasteiger partial charge in [0, 0.05) is 0 Å². The summed E-state index contributed by atoms with van der Waals surface area (Å²) < 4.78 is 3.23. The van der Waals surface area contributed by atoms with Gasteiger partial charge in [-0.2, -0.15) is 0 Å². The van der Waals surface area contributed by atoms with Crippen molar-refractivity contribution in [3.63, 3.8) is 0 Å². The minimum atomic E-state index is -0.632. The zero-order valence-corrected chi connectivity index (χ0v) is 17.0. The number of halogens is 2. The maximum absolute atomic E-state index is 3.60. The van der Waals surface area contributed by atoms with Gasteiger partial charge in [0.15, 0.2) is 0 Å². The van der Waals surface area contributed by atoms with E-state index >= 15 is 0 Å². The Hall–Kier alpha value is 0.310. The van der Waals surface area contributed by atoms with Crippen molar-refractivity contribution in [3.05, 3.63) is 38.3 Å². The van der Waals surface area contributed by atoms with E-state index in [-0.39, 0.29) is 33.2 Å². The van der Waals surface area contributed by atoms with Crippen molar-refractivity contribution in [2.45, 2.75) is 33.9 Å². The zero-order valence-electron chi connectivity index (χ0n) is 12.0. The minimum absolute atomic E-state index is 0. The quantitative estimate of drug-likeness (QED) is 0.507. The van der Waals surface area contributed by atoms with Crippen molar-refractivity contribution < 1.29 is 48.0 Å². The second-order valence-electron chi connectivity index (χ2n) is 4.85. The average Bonchev–Trinajstić information content (AvgIpc) is 2.81. The molecule has 0 saturated heterocycles. The summed E-state index contributed by atoms with van der Waals surface area (Å²) in [7, 11) is -0.305. The van der Waals surface area contributed by atoms with Crippen molar-refractivity contribution in [2.75, 3.05) is 0 Å². The number of aryl methyl sites for hydroxylation is 1. The van der Waals surface area contributed by atoms with E-state index in [0.29, 0.717) is 0 Å². The molecule has 0 radical (unpaired) electrons. The van der Waals surface area contributed by atoms with Crippen LogP contribution in [0, 0.1) is 20.8 Å². The second-order valence-corrected chi connectivity index (χ2v) is 10.6. The van der Waals surface area contributed by atoms with Crippen molar-refractivity contribution >= 4 is 17.0 Å². The number of allylic oxidation sites excluding steroid dienone is 4. The second kappa shape index (κ2) is 7.93. The van der Waals surface area contributed by atoms with Gasteiger partial charge in [-0.25, -0.2) is 0 Å². The smallest absolute Gasteiger partial charge is 1.00 e. The van der Waals surface area contributed by atoms with E-state index in [2.05, 4.69) is 57.1 Å². The first-order valence-electron chi connectivity index (χ1n) is 5.99. The molecule has 1 aliphatic rings. The summed E-state index contributed by atoms with van der Waals surface area (Å²) in [5.74, 6) is 0. The van der Waals surface area contributed by atoms with E-state index in [0.717, 1.165) is 0 Å². The molecule has 1 aromatic rings. The Morgan fingerprint density at radius 2 is 1.68 bits per heavy atom. The van der Waals surface area contributed by atoms with Crippen molar-refractivity contribution in [1.82, 2.24) is 4.98 Å². The van der Waals surface area contributed by atoms with E-state index in [9.17, 15) is 0 Å². The molecule has 0 spiro atoms. The predicted molar refractivity (Wildman–Crippen MR) is 74.3 cm³/mol. The maximum atomic E-state index is 3.60. The summed E-state index contributed by atoms with van der Waals surface area (Å²) in [5, 5.41) is 1.66. The van der Waals surface area contributed by atoms with Gasteiger partial charge in [0.25, 0.3) is 0 Å². The summed E-state index contributed by atoms with van der Waals surface area (Å²) in [5.41, 5.74) is 4.31. The normalized spacial score (nSPS) is 12.5. The summed E-state index contributed by atoms with van der Waals surface area (Å²) in [6, 6.07) is 0. The molecule has 0 amide bonds. The molecule has 5 heteroatoms. The van der Waals surface area contributed by atoms with Crippen LogP contribution in [0.25, 0.3) is 0 Å². The zero-order chi connectivity index (χ0) is 12.6. The van der Waals surface area contributed by atoms with E-state index in [1.54, 1.807) is 11.9 Å². The predicted octanol–water partition coefficient (Wildman–Crippen LogP) is -3.38. The Morgan fingerprint density at radius 3 is 2.16 bits per heavy atom. The number of hydrogen-bond acceptors (Lipinski definition) is 0. The van der Waals surface area contributed by atoms with Crippen LogP contribution in [0.3, 0.4) is 0 Å². The first kappa shape index (κ1) is 19.3. The van der Waals surface area contributed by atoms with E-state index < -0.39 is 23.2 Å². The Kier molecular flexibility index (Phi) is 8.06. The van der Waals surface area contributed by atoms with Gasteiger partial charge in [-0.05, 0) is 0 Å². The summed E-state index contributed by atoms with van der Waals surface area (Å²) in [6.07, 6.45) is 6.92. The monoisotopic (exact) mass is 389 g/mol. The number of aromatic nitrogens is 1. The van der Waals surface area contributed by atoms with Crippen LogP contribution in [-0.4, -0.2) is 18.6 Å². The maximum Gasteiger partial charge on any atom is -1.00 e. The number of nitrogens with one attached hydrogen (secondary N) is 1. The van der Waals surface area contributed by atoms with Gasteiger partial charge < -0.3 is 24.8 Å². The fraction of sp³-hybridized carbons (Fsp3) is 0.357. The molecule has 1 aromatic heterocycles. The van der Waals surface area contributed by atoms with Gasteiger partial charge in [0.2, 0.25) is 0 Å². The molecule has 0 aliphatic heterocycles. The Balaban J connectivity index is 0.00000162. The number of hydrogen-bond donors (Lipinski definition) is 1. The van der Waals surface area contributed by atoms with Crippen LogP contribution in [0.4, 0.5) is 0 Å².